The summed E-state index contributed by atoms with van der Waals surface area (Å²) in [7, 11) is 0. The topological polar surface area (TPSA) is 97.7 Å². The van der Waals surface area contributed by atoms with Gasteiger partial charge in [0.15, 0.2) is 0 Å². The third kappa shape index (κ3) is 5.78. The molecule has 1 heterocycles. The number of thioether (sulfide) groups is 1. The monoisotopic (exact) mass is 473 g/mol. The largest absolute Gasteiger partial charge is 0.455 e. The van der Waals surface area contributed by atoms with Crippen molar-refractivity contribution in [3.63, 3.8) is 0 Å². The highest BCUT2D eigenvalue weighted by molar-refractivity contribution is 9.10. The van der Waals surface area contributed by atoms with Crippen molar-refractivity contribution < 1.29 is 14.1 Å². The lowest BCUT2D eigenvalue weighted by molar-refractivity contribution is -0.384. The third-order valence-electron chi connectivity index (χ3n) is 3.82. The summed E-state index contributed by atoms with van der Waals surface area (Å²) < 4.78 is 6.68. The van der Waals surface area contributed by atoms with Crippen LogP contribution in [0.4, 0.5) is 5.69 Å². The van der Waals surface area contributed by atoms with Crippen LogP contribution in [-0.2, 0) is 4.79 Å². The molecule has 3 aromatic rings. The van der Waals surface area contributed by atoms with Crippen LogP contribution in [0.15, 0.2) is 73.5 Å². The molecule has 1 aromatic heterocycles. The Balaban J connectivity index is 1.51. The molecular formula is C20H16BrN3O4S. The van der Waals surface area contributed by atoms with E-state index < -0.39 is 4.92 Å². The number of nitro benzene ring substituents is 1. The summed E-state index contributed by atoms with van der Waals surface area (Å²) in [5.41, 5.74) is 4.52. The van der Waals surface area contributed by atoms with Crippen LogP contribution in [0.1, 0.15) is 11.3 Å². The maximum absolute atomic E-state index is 11.9. The van der Waals surface area contributed by atoms with Crippen molar-refractivity contribution in [2.45, 2.75) is 11.8 Å². The van der Waals surface area contributed by atoms with E-state index in [2.05, 4.69) is 26.5 Å². The van der Waals surface area contributed by atoms with Crippen molar-refractivity contribution in [1.82, 2.24) is 5.43 Å². The lowest BCUT2D eigenvalue weighted by atomic mass is 10.1. The van der Waals surface area contributed by atoms with Gasteiger partial charge in [0.05, 0.1) is 16.9 Å². The van der Waals surface area contributed by atoms with Gasteiger partial charge in [-0.25, -0.2) is 5.43 Å². The lowest BCUT2D eigenvalue weighted by Gasteiger charge is -2.02. The Hall–Kier alpha value is -2.91. The van der Waals surface area contributed by atoms with Crippen molar-refractivity contribution in [1.29, 1.82) is 0 Å². The van der Waals surface area contributed by atoms with Crippen LogP contribution >= 0.6 is 27.7 Å². The number of non-ortho nitro benzene ring substituents is 1. The molecular weight excluding hydrogens is 458 g/mol. The first kappa shape index (κ1) is 20.8. The van der Waals surface area contributed by atoms with E-state index in [0.717, 1.165) is 20.5 Å². The second-order valence-corrected chi connectivity index (χ2v) is 7.92. The predicted molar refractivity (Wildman–Crippen MR) is 116 cm³/mol. The minimum absolute atomic E-state index is 0.0129. The minimum atomic E-state index is -0.465. The van der Waals surface area contributed by atoms with Crippen LogP contribution in [-0.4, -0.2) is 22.8 Å². The Kier molecular flexibility index (Phi) is 6.84. The van der Waals surface area contributed by atoms with E-state index in [-0.39, 0.29) is 17.3 Å². The van der Waals surface area contributed by atoms with Crippen LogP contribution < -0.4 is 5.43 Å². The first-order valence-corrected chi connectivity index (χ1v) is 10.3. The molecule has 0 saturated carbocycles. The fourth-order valence-corrected chi connectivity index (χ4v) is 3.78. The van der Waals surface area contributed by atoms with Crippen molar-refractivity contribution >= 4 is 45.5 Å². The molecule has 0 aliphatic heterocycles. The summed E-state index contributed by atoms with van der Waals surface area (Å²) in [6, 6.07) is 15.6. The van der Waals surface area contributed by atoms with Gasteiger partial charge >= 0.3 is 0 Å². The molecule has 1 amide bonds. The van der Waals surface area contributed by atoms with Crippen molar-refractivity contribution in [3.8, 4) is 11.3 Å². The Morgan fingerprint density at radius 2 is 2.00 bits per heavy atom. The van der Waals surface area contributed by atoms with Crippen LogP contribution in [0.2, 0.25) is 0 Å². The van der Waals surface area contributed by atoms with Crippen LogP contribution in [0.5, 0.6) is 0 Å². The van der Waals surface area contributed by atoms with E-state index in [1.54, 1.807) is 18.2 Å². The van der Waals surface area contributed by atoms with Gasteiger partial charge < -0.3 is 4.42 Å². The van der Waals surface area contributed by atoms with Gasteiger partial charge in [0, 0.05) is 27.1 Å². The summed E-state index contributed by atoms with van der Waals surface area (Å²) in [6.07, 6.45) is 1.43. The highest BCUT2D eigenvalue weighted by atomic mass is 79.9. The van der Waals surface area contributed by atoms with E-state index in [9.17, 15) is 14.9 Å². The second-order valence-electron chi connectivity index (χ2n) is 6.02. The second kappa shape index (κ2) is 9.53. The number of carbonyl (C=O) groups is 1. The SMILES string of the molecule is Cc1ccc(-c2ccc(/C=N\NC(=O)CSc3ccc([N+](=O)[O-])cc3)o2)c(Br)c1. The average Bonchev–Trinajstić information content (AvgIpc) is 3.15. The van der Waals surface area contributed by atoms with E-state index >= 15 is 0 Å². The van der Waals surface area contributed by atoms with Gasteiger partial charge in [-0.1, -0.05) is 22.0 Å². The number of nitrogens with one attached hydrogen (secondary N) is 1. The lowest BCUT2D eigenvalue weighted by Crippen LogP contribution is -2.19. The molecule has 0 radical (unpaired) electrons. The Morgan fingerprint density at radius 3 is 2.69 bits per heavy atom. The van der Waals surface area contributed by atoms with Gasteiger partial charge in [0.25, 0.3) is 5.69 Å². The molecule has 0 spiro atoms. The van der Waals surface area contributed by atoms with Gasteiger partial charge in [-0.2, -0.15) is 5.10 Å². The molecule has 0 bridgehead atoms. The molecule has 2 aromatic carbocycles. The van der Waals surface area contributed by atoms with Gasteiger partial charge in [0.2, 0.25) is 5.91 Å². The van der Waals surface area contributed by atoms with E-state index in [1.165, 1.54) is 30.1 Å². The first-order valence-electron chi connectivity index (χ1n) is 8.48. The fraction of sp³-hybridized carbons (Fsp3) is 0.100. The zero-order valence-corrected chi connectivity index (χ0v) is 17.7. The Labute approximate surface area is 179 Å². The number of carbonyl (C=O) groups excluding carboxylic acids is 1. The van der Waals surface area contributed by atoms with Gasteiger partial charge in [-0.05, 0) is 48.9 Å². The number of benzene rings is 2. The normalized spacial score (nSPS) is 11.0. The zero-order valence-electron chi connectivity index (χ0n) is 15.3. The van der Waals surface area contributed by atoms with Gasteiger partial charge in [-0.3, -0.25) is 14.9 Å². The van der Waals surface area contributed by atoms with Gasteiger partial charge in [-0.15, -0.1) is 11.8 Å². The summed E-state index contributed by atoms with van der Waals surface area (Å²) in [4.78, 5) is 22.8. The zero-order chi connectivity index (χ0) is 20.8. The number of rotatable bonds is 7. The number of amides is 1. The van der Waals surface area contributed by atoms with E-state index in [0.29, 0.717) is 11.5 Å². The third-order valence-corrected chi connectivity index (χ3v) is 5.48. The maximum atomic E-state index is 11.9. The molecule has 0 atom stereocenters. The van der Waals surface area contributed by atoms with Crippen molar-refractivity contribution in [2.24, 2.45) is 5.10 Å². The smallest absolute Gasteiger partial charge is 0.269 e. The number of furan rings is 1. The summed E-state index contributed by atoms with van der Waals surface area (Å²) >= 11 is 4.79. The molecule has 0 unspecified atom stereocenters. The molecule has 148 valence electrons. The number of halogens is 1. The minimum Gasteiger partial charge on any atom is -0.455 e. The molecule has 1 N–H and O–H groups in total. The van der Waals surface area contributed by atoms with Crippen LogP contribution in [0, 0.1) is 17.0 Å². The predicted octanol–water partition coefficient (Wildman–Crippen LogP) is 5.17. The summed E-state index contributed by atoms with van der Waals surface area (Å²) in [5.74, 6) is 1.04. The molecule has 0 aliphatic carbocycles. The standard InChI is InChI=1S/C20H16BrN3O4S/c1-13-2-8-17(18(21)10-13)19-9-5-15(28-19)11-22-23-20(25)12-29-16-6-3-14(4-7-16)24(26)27/h2-11H,12H2,1H3,(H,23,25)/b22-11-. The summed E-state index contributed by atoms with van der Waals surface area (Å²) in [6.45, 7) is 2.01. The molecule has 3 rings (SSSR count). The van der Waals surface area contributed by atoms with Gasteiger partial charge in [0.1, 0.15) is 11.5 Å². The first-order chi connectivity index (χ1) is 13.9. The number of aryl methyl sites for hydroxylation is 1. The molecule has 0 aliphatic rings. The number of nitrogens with zero attached hydrogens (tertiary/aromatic N) is 2. The average molecular weight is 474 g/mol. The van der Waals surface area contributed by atoms with Crippen LogP contribution in [0.25, 0.3) is 11.3 Å². The maximum Gasteiger partial charge on any atom is 0.269 e. The molecule has 7 nitrogen and oxygen atoms in total. The molecule has 0 saturated heterocycles. The Morgan fingerprint density at radius 1 is 1.24 bits per heavy atom. The number of hydrogen-bond acceptors (Lipinski definition) is 6. The Bertz CT molecular complexity index is 1060. The molecule has 29 heavy (non-hydrogen) atoms. The van der Waals surface area contributed by atoms with Crippen molar-refractivity contribution in [3.05, 3.63) is 80.5 Å². The fourth-order valence-electron chi connectivity index (χ4n) is 2.40. The number of hydrogen-bond donors (Lipinski definition) is 1. The van der Waals surface area contributed by atoms with E-state index in [4.69, 9.17) is 4.42 Å². The molecule has 0 fully saturated rings. The van der Waals surface area contributed by atoms with E-state index in [1.807, 2.05) is 31.2 Å². The quantitative estimate of drug-likeness (QED) is 0.221. The van der Waals surface area contributed by atoms with Crippen LogP contribution in [0.3, 0.4) is 0 Å². The van der Waals surface area contributed by atoms with Crippen molar-refractivity contribution in [2.75, 3.05) is 5.75 Å². The highest BCUT2D eigenvalue weighted by Crippen LogP contribution is 2.30. The summed E-state index contributed by atoms with van der Waals surface area (Å²) in [5, 5.41) is 14.5. The molecule has 9 heteroatoms. The number of nitro groups is 1. The highest BCUT2D eigenvalue weighted by Gasteiger charge is 2.08. The number of hydrazone groups is 1.